The van der Waals surface area contributed by atoms with E-state index in [0.29, 0.717) is 11.3 Å². The zero-order chi connectivity index (χ0) is 12.6. The fourth-order valence-electron chi connectivity index (χ4n) is 1.44. The lowest BCUT2D eigenvalue weighted by Crippen LogP contribution is -1.94. The average Bonchev–Trinajstić information content (AvgIpc) is 2.30. The molecule has 0 amide bonds. The Morgan fingerprint density at radius 3 is 2.29 bits per heavy atom. The molecule has 0 saturated heterocycles. The molecule has 2 rings (SSSR count). The molecule has 0 spiro atoms. The van der Waals surface area contributed by atoms with Crippen LogP contribution in [0.25, 0.3) is 11.1 Å². The second-order valence-electron chi connectivity index (χ2n) is 3.46. The van der Waals surface area contributed by atoms with Crippen molar-refractivity contribution in [3.63, 3.8) is 0 Å². The van der Waals surface area contributed by atoms with E-state index in [1.54, 1.807) is 0 Å². The summed E-state index contributed by atoms with van der Waals surface area (Å²) >= 11 is 5.77. The molecule has 1 nitrogen and oxygen atoms in total. The van der Waals surface area contributed by atoms with E-state index < -0.39 is 17.5 Å². The lowest BCUT2D eigenvalue weighted by Gasteiger charge is -2.06. The van der Waals surface area contributed by atoms with Gasteiger partial charge in [0.05, 0.1) is 10.7 Å². The molecular formula is C12H7ClF3N. The summed E-state index contributed by atoms with van der Waals surface area (Å²) in [7, 11) is 0. The quantitative estimate of drug-likeness (QED) is 0.606. The van der Waals surface area contributed by atoms with Crippen molar-refractivity contribution in [1.29, 1.82) is 0 Å². The Bertz CT molecular complexity index is 584. The highest BCUT2D eigenvalue weighted by atomic mass is 35.5. The summed E-state index contributed by atoms with van der Waals surface area (Å²) < 4.78 is 39.3. The van der Waals surface area contributed by atoms with Crippen LogP contribution in [0, 0.1) is 17.5 Å². The van der Waals surface area contributed by atoms with Crippen LogP contribution in [0.5, 0.6) is 0 Å². The van der Waals surface area contributed by atoms with Gasteiger partial charge in [-0.3, -0.25) is 0 Å². The second kappa shape index (κ2) is 4.30. The van der Waals surface area contributed by atoms with Gasteiger partial charge in [0.15, 0.2) is 17.5 Å². The van der Waals surface area contributed by atoms with Gasteiger partial charge in [-0.05, 0) is 29.8 Å². The predicted molar refractivity (Wildman–Crippen MR) is 61.2 cm³/mol. The van der Waals surface area contributed by atoms with Crippen molar-refractivity contribution in [1.82, 2.24) is 0 Å². The van der Waals surface area contributed by atoms with Crippen molar-refractivity contribution in [2.45, 2.75) is 0 Å². The van der Waals surface area contributed by atoms with Gasteiger partial charge in [-0.15, -0.1) is 0 Å². The van der Waals surface area contributed by atoms with Gasteiger partial charge in [0, 0.05) is 5.56 Å². The third-order valence-electron chi connectivity index (χ3n) is 2.35. The normalized spacial score (nSPS) is 10.6. The van der Waals surface area contributed by atoms with E-state index in [-0.39, 0.29) is 10.6 Å². The Morgan fingerprint density at radius 1 is 0.941 bits per heavy atom. The van der Waals surface area contributed by atoms with Crippen molar-refractivity contribution in [2.24, 2.45) is 0 Å². The Hall–Kier alpha value is -1.68. The molecule has 2 aromatic carbocycles. The molecule has 0 aromatic heterocycles. The lowest BCUT2D eigenvalue weighted by atomic mass is 10.0. The summed E-state index contributed by atoms with van der Waals surface area (Å²) in [5.74, 6) is -3.98. The number of hydrogen-bond donors (Lipinski definition) is 1. The number of nitrogens with two attached hydrogens (primary N) is 1. The summed E-state index contributed by atoms with van der Waals surface area (Å²) in [4.78, 5) is 0. The van der Waals surface area contributed by atoms with Crippen LogP contribution in [0.4, 0.5) is 18.9 Å². The first-order chi connectivity index (χ1) is 8.00. The standard InChI is InChI=1S/C12H7ClF3N/c13-8-5-6(1-4-10(8)17)7-2-3-9(14)12(16)11(7)15/h1-5H,17H2. The summed E-state index contributed by atoms with van der Waals surface area (Å²) in [6.07, 6.45) is 0. The Labute approximate surface area is 101 Å². The zero-order valence-corrected chi connectivity index (χ0v) is 9.23. The first-order valence-electron chi connectivity index (χ1n) is 4.69. The van der Waals surface area contributed by atoms with Gasteiger partial charge >= 0.3 is 0 Å². The molecule has 0 atom stereocenters. The molecule has 0 unspecified atom stereocenters. The number of anilines is 1. The van der Waals surface area contributed by atoms with E-state index in [0.717, 1.165) is 12.1 Å². The van der Waals surface area contributed by atoms with Gasteiger partial charge in [0.1, 0.15) is 0 Å². The second-order valence-corrected chi connectivity index (χ2v) is 3.87. The van der Waals surface area contributed by atoms with Gasteiger partial charge in [0.25, 0.3) is 0 Å². The molecule has 0 aliphatic heterocycles. The monoisotopic (exact) mass is 257 g/mol. The molecule has 5 heteroatoms. The summed E-state index contributed by atoms with van der Waals surface area (Å²) in [6, 6.07) is 6.36. The number of hydrogen-bond acceptors (Lipinski definition) is 1. The largest absolute Gasteiger partial charge is 0.398 e. The minimum absolute atomic E-state index is 0.0641. The van der Waals surface area contributed by atoms with Crippen molar-refractivity contribution < 1.29 is 13.2 Å². The van der Waals surface area contributed by atoms with Gasteiger partial charge in [-0.1, -0.05) is 17.7 Å². The molecule has 0 aliphatic rings. The van der Waals surface area contributed by atoms with E-state index in [1.807, 2.05) is 0 Å². The van der Waals surface area contributed by atoms with Crippen molar-refractivity contribution in [3.8, 4) is 11.1 Å². The molecule has 88 valence electrons. The van der Waals surface area contributed by atoms with Crippen molar-refractivity contribution in [2.75, 3.05) is 5.73 Å². The van der Waals surface area contributed by atoms with Crippen LogP contribution in [0.1, 0.15) is 0 Å². The molecule has 2 aromatic rings. The Balaban J connectivity index is 2.61. The predicted octanol–water partition coefficient (Wildman–Crippen LogP) is 4.01. The van der Waals surface area contributed by atoms with Gasteiger partial charge < -0.3 is 5.73 Å². The molecule has 0 heterocycles. The number of rotatable bonds is 1. The van der Waals surface area contributed by atoms with Crippen LogP contribution in [0.3, 0.4) is 0 Å². The summed E-state index contributed by atoms with van der Waals surface area (Å²) in [5.41, 5.74) is 6.10. The number of halogens is 4. The average molecular weight is 258 g/mol. The fraction of sp³-hybridized carbons (Fsp3) is 0. The molecule has 0 saturated carbocycles. The highest BCUT2D eigenvalue weighted by Gasteiger charge is 2.15. The van der Waals surface area contributed by atoms with E-state index in [1.165, 1.54) is 18.2 Å². The molecule has 2 N–H and O–H groups in total. The molecule has 0 radical (unpaired) electrons. The van der Waals surface area contributed by atoms with E-state index >= 15 is 0 Å². The van der Waals surface area contributed by atoms with Crippen molar-refractivity contribution in [3.05, 3.63) is 52.8 Å². The minimum atomic E-state index is -1.50. The number of nitrogen functional groups attached to an aromatic ring is 1. The van der Waals surface area contributed by atoms with E-state index in [4.69, 9.17) is 17.3 Å². The first kappa shape index (κ1) is 11.8. The Morgan fingerprint density at radius 2 is 1.65 bits per heavy atom. The van der Waals surface area contributed by atoms with Gasteiger partial charge in [0.2, 0.25) is 0 Å². The Kier molecular flexibility index (Phi) is 2.98. The van der Waals surface area contributed by atoms with Gasteiger partial charge in [-0.2, -0.15) is 0 Å². The fourth-order valence-corrected chi connectivity index (χ4v) is 1.62. The van der Waals surface area contributed by atoms with Crippen LogP contribution in [0.2, 0.25) is 5.02 Å². The maximum absolute atomic E-state index is 13.5. The summed E-state index contributed by atoms with van der Waals surface area (Å²) in [6.45, 7) is 0. The van der Waals surface area contributed by atoms with Crippen LogP contribution in [-0.4, -0.2) is 0 Å². The molecule has 0 aliphatic carbocycles. The molecule has 0 fully saturated rings. The topological polar surface area (TPSA) is 26.0 Å². The van der Waals surface area contributed by atoms with Crippen LogP contribution >= 0.6 is 11.6 Å². The molecule has 17 heavy (non-hydrogen) atoms. The van der Waals surface area contributed by atoms with Crippen LogP contribution in [0.15, 0.2) is 30.3 Å². The van der Waals surface area contributed by atoms with Crippen LogP contribution in [-0.2, 0) is 0 Å². The maximum Gasteiger partial charge on any atom is 0.195 e. The smallest absolute Gasteiger partial charge is 0.195 e. The highest BCUT2D eigenvalue weighted by molar-refractivity contribution is 6.33. The first-order valence-corrected chi connectivity index (χ1v) is 5.07. The van der Waals surface area contributed by atoms with E-state index in [9.17, 15) is 13.2 Å². The maximum atomic E-state index is 13.5. The minimum Gasteiger partial charge on any atom is -0.398 e. The number of benzene rings is 2. The third-order valence-corrected chi connectivity index (χ3v) is 2.67. The molecule has 0 bridgehead atoms. The lowest BCUT2D eigenvalue weighted by molar-refractivity contribution is 0.449. The van der Waals surface area contributed by atoms with E-state index in [2.05, 4.69) is 0 Å². The SMILES string of the molecule is Nc1ccc(-c2ccc(F)c(F)c2F)cc1Cl. The summed E-state index contributed by atoms with van der Waals surface area (Å²) in [5, 5.41) is 0.228. The zero-order valence-electron chi connectivity index (χ0n) is 8.48. The van der Waals surface area contributed by atoms with Crippen molar-refractivity contribution >= 4 is 17.3 Å². The molecular weight excluding hydrogens is 251 g/mol. The van der Waals surface area contributed by atoms with Crippen LogP contribution < -0.4 is 5.73 Å². The van der Waals surface area contributed by atoms with Gasteiger partial charge in [-0.25, -0.2) is 13.2 Å². The highest BCUT2D eigenvalue weighted by Crippen LogP contribution is 2.30. The third kappa shape index (κ3) is 2.08.